The van der Waals surface area contributed by atoms with Crippen LogP contribution in [0, 0.1) is 26.6 Å². The average molecular weight is 465 g/mol. The summed E-state index contributed by atoms with van der Waals surface area (Å²) in [5, 5.41) is 0.702. The van der Waals surface area contributed by atoms with E-state index in [-0.39, 0.29) is 17.5 Å². The van der Waals surface area contributed by atoms with E-state index in [4.69, 9.17) is 4.74 Å². The van der Waals surface area contributed by atoms with Crippen molar-refractivity contribution < 1.29 is 18.7 Å². The molecule has 1 fully saturated rings. The van der Waals surface area contributed by atoms with Crippen LogP contribution in [0.1, 0.15) is 56.1 Å². The Kier molecular flexibility index (Phi) is 5.32. The topological polar surface area (TPSA) is 59.5 Å². The first kappa shape index (κ1) is 21.8. The SMILES string of the molecule is Cc1cc(C)c2c(c1)C(=O)CC1(CCN(C(=O)c3sc(-c4ccc(F)cc4)nc3C)CC1)O2. The minimum absolute atomic E-state index is 0.0532. The van der Waals surface area contributed by atoms with Crippen molar-refractivity contribution in [3.8, 4) is 16.3 Å². The molecule has 2 aromatic carbocycles. The molecule has 5 nitrogen and oxygen atoms in total. The molecule has 3 heterocycles. The second kappa shape index (κ2) is 8.06. The summed E-state index contributed by atoms with van der Waals surface area (Å²) in [6, 6.07) is 10.1. The van der Waals surface area contributed by atoms with Crippen LogP contribution in [0.2, 0.25) is 0 Å². The Morgan fingerprint density at radius 2 is 1.82 bits per heavy atom. The molecule has 1 saturated heterocycles. The molecule has 33 heavy (non-hydrogen) atoms. The van der Waals surface area contributed by atoms with Gasteiger partial charge in [0.25, 0.3) is 5.91 Å². The molecule has 7 heteroatoms. The van der Waals surface area contributed by atoms with Crippen molar-refractivity contribution in [3.63, 3.8) is 0 Å². The molecular weight excluding hydrogens is 439 g/mol. The highest BCUT2D eigenvalue weighted by atomic mass is 32.1. The van der Waals surface area contributed by atoms with Gasteiger partial charge >= 0.3 is 0 Å². The number of carbonyl (C=O) groups is 2. The van der Waals surface area contributed by atoms with Gasteiger partial charge in [0, 0.05) is 31.5 Å². The maximum Gasteiger partial charge on any atom is 0.265 e. The summed E-state index contributed by atoms with van der Waals surface area (Å²) < 4.78 is 19.7. The van der Waals surface area contributed by atoms with E-state index < -0.39 is 5.60 Å². The molecule has 0 N–H and O–H groups in total. The molecule has 1 aromatic heterocycles. The zero-order valence-corrected chi connectivity index (χ0v) is 19.7. The van der Waals surface area contributed by atoms with Crippen molar-refractivity contribution in [1.82, 2.24) is 9.88 Å². The van der Waals surface area contributed by atoms with Crippen molar-refractivity contribution in [2.75, 3.05) is 13.1 Å². The van der Waals surface area contributed by atoms with E-state index in [1.54, 1.807) is 12.1 Å². The number of hydrogen-bond acceptors (Lipinski definition) is 5. The van der Waals surface area contributed by atoms with Crippen LogP contribution >= 0.6 is 11.3 Å². The van der Waals surface area contributed by atoms with Crippen LogP contribution in [0.4, 0.5) is 4.39 Å². The number of benzene rings is 2. The van der Waals surface area contributed by atoms with Crippen molar-refractivity contribution in [2.45, 2.75) is 45.6 Å². The number of aryl methyl sites for hydroxylation is 3. The summed E-state index contributed by atoms with van der Waals surface area (Å²) in [7, 11) is 0. The molecule has 0 bridgehead atoms. The smallest absolute Gasteiger partial charge is 0.265 e. The number of hydrogen-bond donors (Lipinski definition) is 0. The van der Waals surface area contributed by atoms with Gasteiger partial charge in [-0.1, -0.05) is 6.07 Å². The zero-order chi connectivity index (χ0) is 23.3. The number of amides is 1. The second-order valence-electron chi connectivity index (χ2n) is 9.08. The predicted molar refractivity (Wildman–Crippen MR) is 126 cm³/mol. The fourth-order valence-electron chi connectivity index (χ4n) is 4.79. The number of ether oxygens (including phenoxy) is 1. The number of halogens is 1. The normalized spacial score (nSPS) is 17.1. The third kappa shape index (κ3) is 3.95. The third-order valence-electron chi connectivity index (χ3n) is 6.56. The molecule has 0 saturated carbocycles. The maximum atomic E-state index is 13.3. The first-order valence-electron chi connectivity index (χ1n) is 11.1. The summed E-state index contributed by atoms with van der Waals surface area (Å²) in [4.78, 5) is 33.2. The number of carbonyl (C=O) groups excluding carboxylic acids is 2. The molecule has 2 aliphatic heterocycles. The first-order valence-corrected chi connectivity index (χ1v) is 11.9. The number of aromatic nitrogens is 1. The van der Waals surface area contributed by atoms with Crippen LogP contribution in [-0.4, -0.2) is 40.3 Å². The fraction of sp³-hybridized carbons (Fsp3) is 0.346. The van der Waals surface area contributed by atoms with Crippen molar-refractivity contribution in [2.24, 2.45) is 0 Å². The zero-order valence-electron chi connectivity index (χ0n) is 18.9. The van der Waals surface area contributed by atoms with Gasteiger partial charge in [0.2, 0.25) is 0 Å². The van der Waals surface area contributed by atoms with Gasteiger partial charge in [0.1, 0.15) is 27.1 Å². The van der Waals surface area contributed by atoms with E-state index in [2.05, 4.69) is 4.98 Å². The van der Waals surface area contributed by atoms with Crippen LogP contribution in [0.3, 0.4) is 0 Å². The van der Waals surface area contributed by atoms with Crippen LogP contribution in [0.15, 0.2) is 36.4 Å². The highest BCUT2D eigenvalue weighted by Gasteiger charge is 2.44. The molecule has 0 aliphatic carbocycles. The highest BCUT2D eigenvalue weighted by molar-refractivity contribution is 7.17. The van der Waals surface area contributed by atoms with Crippen LogP contribution in [0.5, 0.6) is 5.75 Å². The maximum absolute atomic E-state index is 13.3. The predicted octanol–water partition coefficient (Wildman–Crippen LogP) is 5.51. The lowest BCUT2D eigenvalue weighted by atomic mass is 9.81. The lowest BCUT2D eigenvalue weighted by Crippen LogP contribution is -2.52. The Morgan fingerprint density at radius 3 is 2.52 bits per heavy atom. The van der Waals surface area contributed by atoms with E-state index in [1.165, 1.54) is 23.5 Å². The summed E-state index contributed by atoms with van der Waals surface area (Å²) in [6.07, 6.45) is 1.57. The second-order valence-corrected chi connectivity index (χ2v) is 10.1. The van der Waals surface area contributed by atoms with E-state index in [0.29, 0.717) is 59.2 Å². The third-order valence-corrected chi connectivity index (χ3v) is 7.76. The minimum Gasteiger partial charge on any atom is -0.486 e. The Labute approximate surface area is 196 Å². The Balaban J connectivity index is 1.32. The van der Waals surface area contributed by atoms with Gasteiger partial charge in [-0.25, -0.2) is 9.37 Å². The summed E-state index contributed by atoms with van der Waals surface area (Å²) in [6.45, 7) is 6.83. The Morgan fingerprint density at radius 1 is 1.12 bits per heavy atom. The molecule has 2 aliphatic rings. The molecule has 170 valence electrons. The van der Waals surface area contributed by atoms with Crippen LogP contribution < -0.4 is 4.74 Å². The number of nitrogens with zero attached hydrogens (tertiary/aromatic N) is 2. The van der Waals surface area contributed by atoms with Crippen molar-refractivity contribution in [3.05, 3.63) is 69.5 Å². The molecule has 3 aromatic rings. The number of rotatable bonds is 2. The summed E-state index contributed by atoms with van der Waals surface area (Å²) in [5.41, 5.74) is 3.62. The number of thiazole rings is 1. The van der Waals surface area contributed by atoms with Crippen LogP contribution in [-0.2, 0) is 0 Å². The lowest BCUT2D eigenvalue weighted by Gasteiger charge is -2.44. The van der Waals surface area contributed by atoms with Gasteiger partial charge in [0.05, 0.1) is 17.7 Å². The van der Waals surface area contributed by atoms with E-state index in [0.717, 1.165) is 16.7 Å². The van der Waals surface area contributed by atoms with Gasteiger partial charge in [-0.05, 0) is 62.2 Å². The highest BCUT2D eigenvalue weighted by Crippen LogP contribution is 2.42. The molecular formula is C26H25FN2O3S. The minimum atomic E-state index is -0.553. The molecule has 0 unspecified atom stereocenters. The van der Waals surface area contributed by atoms with E-state index in [1.807, 2.05) is 37.8 Å². The molecule has 1 spiro atoms. The van der Waals surface area contributed by atoms with Gasteiger partial charge in [0.15, 0.2) is 5.78 Å². The van der Waals surface area contributed by atoms with Crippen LogP contribution in [0.25, 0.3) is 10.6 Å². The number of Topliss-reactive ketones (excluding diaryl/α,β-unsaturated/α-hetero) is 1. The molecule has 0 atom stereocenters. The molecule has 5 rings (SSSR count). The van der Waals surface area contributed by atoms with Gasteiger partial charge in [-0.2, -0.15) is 0 Å². The Bertz CT molecular complexity index is 1260. The van der Waals surface area contributed by atoms with Gasteiger partial charge in [-0.3, -0.25) is 9.59 Å². The number of fused-ring (bicyclic) bond motifs is 1. The van der Waals surface area contributed by atoms with E-state index in [9.17, 15) is 14.0 Å². The molecule has 0 radical (unpaired) electrons. The van der Waals surface area contributed by atoms with Crippen molar-refractivity contribution >= 4 is 23.0 Å². The number of likely N-dealkylation sites (tertiary alicyclic amines) is 1. The quantitative estimate of drug-likeness (QED) is 0.501. The fourth-order valence-corrected chi connectivity index (χ4v) is 5.83. The lowest BCUT2D eigenvalue weighted by molar-refractivity contribution is -0.00609. The van der Waals surface area contributed by atoms with Crippen molar-refractivity contribution in [1.29, 1.82) is 0 Å². The van der Waals surface area contributed by atoms with Gasteiger partial charge in [-0.15, -0.1) is 11.3 Å². The largest absolute Gasteiger partial charge is 0.486 e. The van der Waals surface area contributed by atoms with E-state index >= 15 is 0 Å². The molecule has 1 amide bonds. The number of piperidine rings is 1. The van der Waals surface area contributed by atoms with Gasteiger partial charge < -0.3 is 9.64 Å². The summed E-state index contributed by atoms with van der Waals surface area (Å²) >= 11 is 1.33. The average Bonchev–Trinajstić information content (AvgIpc) is 3.17. The first-order chi connectivity index (χ1) is 15.7. The number of ketones is 1. The monoisotopic (exact) mass is 464 g/mol. The standard InChI is InChI=1S/C26H25FN2O3S/c1-15-12-16(2)22-20(13-15)21(30)14-26(32-22)8-10-29(11-9-26)25(31)23-17(3)28-24(33-23)18-4-6-19(27)7-5-18/h4-7,12-13H,8-11,14H2,1-3H3. The summed E-state index contributed by atoms with van der Waals surface area (Å²) in [5.74, 6) is 0.452. The Hall–Kier alpha value is -3.06.